The maximum absolute atomic E-state index is 12.8. The Morgan fingerprint density at radius 2 is 1.92 bits per heavy atom. The molecule has 2 N–H and O–H groups in total. The fourth-order valence-corrected chi connectivity index (χ4v) is 3.41. The smallest absolute Gasteiger partial charge is 0.329 e. The summed E-state index contributed by atoms with van der Waals surface area (Å²) in [4.78, 5) is 28.9. The summed E-state index contributed by atoms with van der Waals surface area (Å²) in [6.07, 6.45) is 5.18. The number of pyridine rings is 1. The van der Waals surface area contributed by atoms with E-state index in [4.69, 9.17) is 4.74 Å². The molecule has 1 heterocycles. The molecular weight excluding hydrogens is 332 g/mol. The molecule has 1 saturated carbocycles. The van der Waals surface area contributed by atoms with Gasteiger partial charge in [-0.1, -0.05) is 25.3 Å². The highest BCUT2D eigenvalue weighted by Gasteiger charge is 2.41. The third kappa shape index (κ3) is 3.54. The Balaban J connectivity index is 1.91. The molecule has 3 rings (SSSR count). The van der Waals surface area contributed by atoms with Gasteiger partial charge in [-0.05, 0) is 43.2 Å². The lowest BCUT2D eigenvalue weighted by atomic mass is 9.81. The Bertz CT molecular complexity index is 799. The van der Waals surface area contributed by atoms with Crippen LogP contribution in [0.5, 0.6) is 5.75 Å². The molecule has 1 aromatic heterocycles. The number of carbonyl (C=O) groups excluding carboxylic acids is 1. The first kappa shape index (κ1) is 17.9. The summed E-state index contributed by atoms with van der Waals surface area (Å²) in [6.45, 7) is 0. The first-order valence-corrected chi connectivity index (χ1v) is 8.71. The molecule has 1 aromatic carbocycles. The van der Waals surface area contributed by atoms with E-state index in [-0.39, 0.29) is 0 Å². The minimum atomic E-state index is -1.18. The maximum atomic E-state index is 12.8. The summed E-state index contributed by atoms with van der Waals surface area (Å²) < 4.78 is 5.38. The molecule has 0 spiro atoms. The lowest BCUT2D eigenvalue weighted by Gasteiger charge is -2.34. The second-order valence-electron chi connectivity index (χ2n) is 6.53. The first-order chi connectivity index (χ1) is 12.6. The highest BCUT2D eigenvalue weighted by atomic mass is 16.5. The molecule has 0 bridgehead atoms. The van der Waals surface area contributed by atoms with Crippen LogP contribution in [0.15, 0.2) is 42.6 Å². The van der Waals surface area contributed by atoms with Crippen LogP contribution < -0.4 is 10.1 Å². The number of carboxylic acid groups (broad SMARTS) is 1. The number of ether oxygens (including phenoxy) is 1. The van der Waals surface area contributed by atoms with Gasteiger partial charge in [-0.25, -0.2) is 4.79 Å². The summed E-state index contributed by atoms with van der Waals surface area (Å²) >= 11 is 0. The van der Waals surface area contributed by atoms with Gasteiger partial charge in [0.05, 0.1) is 12.8 Å². The lowest BCUT2D eigenvalue weighted by molar-refractivity contribution is -0.145. The van der Waals surface area contributed by atoms with Gasteiger partial charge in [-0.2, -0.15) is 0 Å². The largest absolute Gasteiger partial charge is 0.496 e. The second kappa shape index (κ2) is 7.56. The summed E-state index contributed by atoms with van der Waals surface area (Å²) in [5, 5.41) is 12.4. The topological polar surface area (TPSA) is 88.5 Å². The zero-order valence-corrected chi connectivity index (χ0v) is 14.7. The number of methoxy groups -OCH3 is 1. The van der Waals surface area contributed by atoms with E-state index >= 15 is 0 Å². The van der Waals surface area contributed by atoms with Gasteiger partial charge in [-0.15, -0.1) is 0 Å². The zero-order chi connectivity index (χ0) is 18.6. The van der Waals surface area contributed by atoms with E-state index in [1.54, 1.807) is 31.5 Å². The number of aromatic nitrogens is 1. The highest BCUT2D eigenvalue weighted by Crippen LogP contribution is 2.31. The first-order valence-electron chi connectivity index (χ1n) is 8.71. The number of rotatable bonds is 5. The van der Waals surface area contributed by atoms with Crippen molar-refractivity contribution in [1.82, 2.24) is 10.3 Å². The van der Waals surface area contributed by atoms with Crippen molar-refractivity contribution >= 4 is 11.9 Å². The van der Waals surface area contributed by atoms with E-state index in [9.17, 15) is 14.7 Å². The van der Waals surface area contributed by atoms with E-state index in [1.807, 2.05) is 18.2 Å². The number of carbonyl (C=O) groups is 2. The predicted octanol–water partition coefficient (Wildman–Crippen LogP) is 3.27. The molecule has 6 heteroatoms. The molecule has 0 aliphatic heterocycles. The normalized spacial score (nSPS) is 15.9. The van der Waals surface area contributed by atoms with Crippen molar-refractivity contribution in [1.29, 1.82) is 0 Å². The van der Waals surface area contributed by atoms with Gasteiger partial charge in [0.2, 0.25) is 0 Å². The van der Waals surface area contributed by atoms with Crippen molar-refractivity contribution in [2.45, 2.75) is 37.6 Å². The minimum absolute atomic E-state index is 0.387. The van der Waals surface area contributed by atoms with Crippen LogP contribution in [-0.2, 0) is 4.79 Å². The van der Waals surface area contributed by atoms with Crippen LogP contribution in [-0.4, -0.2) is 34.6 Å². The number of benzene rings is 1. The molecule has 1 aliphatic carbocycles. The Kier molecular flexibility index (Phi) is 5.21. The van der Waals surface area contributed by atoms with Crippen molar-refractivity contribution in [2.24, 2.45) is 0 Å². The van der Waals surface area contributed by atoms with Crippen LogP contribution in [0, 0.1) is 0 Å². The van der Waals surface area contributed by atoms with Crippen LogP contribution >= 0.6 is 0 Å². The molecule has 26 heavy (non-hydrogen) atoms. The highest BCUT2D eigenvalue weighted by molar-refractivity contribution is 5.99. The maximum Gasteiger partial charge on any atom is 0.329 e. The Labute approximate surface area is 152 Å². The Morgan fingerprint density at radius 1 is 1.15 bits per heavy atom. The van der Waals surface area contributed by atoms with Gasteiger partial charge in [0, 0.05) is 17.3 Å². The van der Waals surface area contributed by atoms with Crippen molar-refractivity contribution in [3.05, 3.63) is 48.2 Å². The molecule has 1 amide bonds. The molecular formula is C20H22N2O4. The Hall–Kier alpha value is -2.89. The minimum Gasteiger partial charge on any atom is -0.496 e. The fraction of sp³-hybridized carbons (Fsp3) is 0.350. The summed E-state index contributed by atoms with van der Waals surface area (Å²) in [5.74, 6) is -0.760. The van der Waals surface area contributed by atoms with Crippen molar-refractivity contribution in [3.8, 4) is 17.0 Å². The number of nitrogens with zero attached hydrogens (tertiary/aromatic N) is 1. The fourth-order valence-electron chi connectivity index (χ4n) is 3.41. The molecule has 0 radical (unpaired) electrons. The number of nitrogens with one attached hydrogen (secondary N) is 1. The quantitative estimate of drug-likeness (QED) is 0.860. The summed E-state index contributed by atoms with van der Waals surface area (Å²) in [7, 11) is 1.56. The van der Waals surface area contributed by atoms with Gasteiger partial charge < -0.3 is 15.2 Å². The van der Waals surface area contributed by atoms with Gasteiger partial charge in [0.1, 0.15) is 11.3 Å². The standard InChI is InChI=1S/C20H22N2O4/c1-26-17-9-8-14(13-15(17)16-7-3-6-12-21-16)18(23)22-20(19(24)25)10-4-2-5-11-20/h3,6-9,12-13H,2,4-5,10-11H2,1H3,(H,22,23)(H,24,25). The average Bonchev–Trinajstić information content (AvgIpc) is 2.68. The monoisotopic (exact) mass is 354 g/mol. The lowest BCUT2D eigenvalue weighted by Crippen LogP contribution is -2.55. The van der Waals surface area contributed by atoms with E-state index in [2.05, 4.69) is 10.3 Å². The van der Waals surface area contributed by atoms with E-state index in [0.29, 0.717) is 35.4 Å². The van der Waals surface area contributed by atoms with Crippen LogP contribution in [0.1, 0.15) is 42.5 Å². The molecule has 1 fully saturated rings. The van der Waals surface area contributed by atoms with Crippen LogP contribution in [0.4, 0.5) is 0 Å². The molecule has 1 aliphatic rings. The predicted molar refractivity (Wildman–Crippen MR) is 97.1 cm³/mol. The third-order valence-corrected chi connectivity index (χ3v) is 4.87. The molecule has 0 atom stereocenters. The third-order valence-electron chi connectivity index (χ3n) is 4.87. The number of hydrogen-bond acceptors (Lipinski definition) is 4. The van der Waals surface area contributed by atoms with Gasteiger partial charge >= 0.3 is 5.97 Å². The Morgan fingerprint density at radius 3 is 2.54 bits per heavy atom. The average molecular weight is 354 g/mol. The van der Waals surface area contributed by atoms with Crippen LogP contribution in [0.25, 0.3) is 11.3 Å². The number of aliphatic carboxylic acids is 1. The zero-order valence-electron chi connectivity index (χ0n) is 14.7. The van der Waals surface area contributed by atoms with Crippen molar-refractivity contribution in [3.63, 3.8) is 0 Å². The van der Waals surface area contributed by atoms with E-state index in [0.717, 1.165) is 19.3 Å². The van der Waals surface area contributed by atoms with Crippen molar-refractivity contribution in [2.75, 3.05) is 7.11 Å². The molecule has 0 unspecified atom stereocenters. The summed E-state index contributed by atoms with van der Waals surface area (Å²) in [5.41, 5.74) is 0.580. The van der Waals surface area contributed by atoms with Crippen LogP contribution in [0.3, 0.4) is 0 Å². The molecule has 0 saturated heterocycles. The SMILES string of the molecule is COc1ccc(C(=O)NC2(C(=O)O)CCCCC2)cc1-c1ccccn1. The molecule has 6 nitrogen and oxygen atoms in total. The van der Waals surface area contributed by atoms with Gasteiger partial charge in [0.25, 0.3) is 5.91 Å². The second-order valence-corrected chi connectivity index (χ2v) is 6.53. The van der Waals surface area contributed by atoms with Gasteiger partial charge in [-0.3, -0.25) is 9.78 Å². The molecule has 136 valence electrons. The van der Waals surface area contributed by atoms with Crippen molar-refractivity contribution < 1.29 is 19.4 Å². The molecule has 2 aromatic rings. The van der Waals surface area contributed by atoms with Crippen LogP contribution in [0.2, 0.25) is 0 Å². The summed E-state index contributed by atoms with van der Waals surface area (Å²) in [6, 6.07) is 10.5. The van der Waals surface area contributed by atoms with Gasteiger partial charge in [0.15, 0.2) is 0 Å². The number of hydrogen-bond donors (Lipinski definition) is 2. The van der Waals surface area contributed by atoms with E-state index in [1.165, 1.54) is 0 Å². The number of carboxylic acids is 1. The number of amides is 1. The van der Waals surface area contributed by atoms with E-state index < -0.39 is 17.4 Å².